The Balaban J connectivity index is 1.47. The minimum Gasteiger partial charge on any atom is -0.457 e. The van der Waals surface area contributed by atoms with Gasteiger partial charge in [-0.25, -0.2) is 0 Å². The van der Waals surface area contributed by atoms with Crippen molar-refractivity contribution in [2.45, 2.75) is 88.7 Å². The number of carbonyl (C=O) groups excluding carboxylic acids is 3. The Bertz CT molecular complexity index is 1150. The molecule has 4 rings (SSSR count). The number of esters is 2. The molecule has 1 aliphatic heterocycles. The second-order valence-electron chi connectivity index (χ2n) is 11.3. The number of piperidine rings is 1. The van der Waals surface area contributed by atoms with Gasteiger partial charge in [0, 0.05) is 38.3 Å². The van der Waals surface area contributed by atoms with Gasteiger partial charge in [-0.2, -0.15) is 0 Å². The summed E-state index contributed by atoms with van der Waals surface area (Å²) in [5.74, 6) is -0.122. The fourth-order valence-electron chi connectivity index (χ4n) is 6.68. The smallest absolute Gasteiger partial charge is 0.308 e. The summed E-state index contributed by atoms with van der Waals surface area (Å²) in [6, 6.07) is 18.0. The molecule has 2 aromatic rings. The molecule has 0 aromatic heterocycles. The molecule has 0 unspecified atom stereocenters. The Hall–Kier alpha value is -3.19. The van der Waals surface area contributed by atoms with Crippen LogP contribution in [0.3, 0.4) is 0 Å². The fourth-order valence-corrected chi connectivity index (χ4v) is 6.68. The first kappa shape index (κ1) is 28.8. The Morgan fingerprint density at radius 3 is 2.51 bits per heavy atom. The third kappa shape index (κ3) is 7.07. The molecule has 210 valence electrons. The van der Waals surface area contributed by atoms with Crippen LogP contribution in [0, 0.1) is 0 Å². The van der Waals surface area contributed by atoms with E-state index in [-0.39, 0.29) is 23.9 Å². The van der Waals surface area contributed by atoms with Gasteiger partial charge in [0.25, 0.3) is 0 Å². The van der Waals surface area contributed by atoms with Crippen molar-refractivity contribution in [3.63, 3.8) is 0 Å². The summed E-state index contributed by atoms with van der Waals surface area (Å²) < 4.78 is 11.6. The quantitative estimate of drug-likeness (QED) is 0.264. The molecule has 1 amide bonds. The number of nitrogens with zero attached hydrogens (tertiary/aromatic N) is 1. The number of carbonyl (C=O) groups is 3. The van der Waals surface area contributed by atoms with E-state index in [0.717, 1.165) is 50.6 Å². The number of benzene rings is 2. The largest absolute Gasteiger partial charge is 0.457 e. The first-order valence-electron chi connectivity index (χ1n) is 14.2. The highest BCUT2D eigenvalue weighted by atomic mass is 16.6. The second-order valence-corrected chi connectivity index (χ2v) is 11.3. The number of amides is 1. The van der Waals surface area contributed by atoms with E-state index in [4.69, 9.17) is 9.47 Å². The zero-order valence-corrected chi connectivity index (χ0v) is 23.5. The highest BCUT2D eigenvalue weighted by Crippen LogP contribution is 2.54. The molecular formula is C32H42N2O5. The molecular weight excluding hydrogens is 492 g/mol. The van der Waals surface area contributed by atoms with Gasteiger partial charge in [-0.15, -0.1) is 0 Å². The minimum atomic E-state index is -0.723. The van der Waals surface area contributed by atoms with E-state index in [1.807, 2.05) is 24.3 Å². The van der Waals surface area contributed by atoms with Gasteiger partial charge >= 0.3 is 11.9 Å². The molecule has 39 heavy (non-hydrogen) atoms. The van der Waals surface area contributed by atoms with Crippen LogP contribution < -0.4 is 10.1 Å². The highest BCUT2D eigenvalue weighted by molar-refractivity contribution is 5.76. The predicted molar refractivity (Wildman–Crippen MR) is 150 cm³/mol. The molecule has 1 aliphatic carbocycles. The van der Waals surface area contributed by atoms with E-state index in [2.05, 4.69) is 41.5 Å². The maximum absolute atomic E-state index is 13.0. The van der Waals surface area contributed by atoms with Crippen LogP contribution in [0.2, 0.25) is 0 Å². The van der Waals surface area contributed by atoms with Crippen molar-refractivity contribution >= 4 is 17.8 Å². The molecule has 7 heteroatoms. The normalized spacial score (nSPS) is 24.8. The lowest BCUT2D eigenvalue weighted by Gasteiger charge is -2.59. The Kier molecular flexibility index (Phi) is 9.44. The SMILES string of the molecule is CC(=O)Oc1cccc([C@@]23CCN(C)C[C@@]2(OC(C)=O)CC[C@@H](NC(=O)CCCCCc2ccccc2)C3)c1. The average molecular weight is 535 g/mol. The topological polar surface area (TPSA) is 84.9 Å². The summed E-state index contributed by atoms with van der Waals surface area (Å²) in [5, 5.41) is 3.31. The van der Waals surface area contributed by atoms with Gasteiger partial charge < -0.3 is 19.7 Å². The van der Waals surface area contributed by atoms with Crippen molar-refractivity contribution in [1.82, 2.24) is 10.2 Å². The Morgan fingerprint density at radius 1 is 0.974 bits per heavy atom. The Morgan fingerprint density at radius 2 is 1.77 bits per heavy atom. The number of aryl methyl sites for hydroxylation is 1. The summed E-state index contributed by atoms with van der Waals surface area (Å²) in [6.45, 7) is 4.31. The van der Waals surface area contributed by atoms with Crippen LogP contribution in [-0.2, 0) is 31.0 Å². The predicted octanol–water partition coefficient (Wildman–Crippen LogP) is 4.96. The van der Waals surface area contributed by atoms with E-state index < -0.39 is 11.0 Å². The minimum absolute atomic E-state index is 0.0220. The van der Waals surface area contributed by atoms with Crippen LogP contribution >= 0.6 is 0 Å². The molecule has 1 saturated carbocycles. The second kappa shape index (κ2) is 12.8. The van der Waals surface area contributed by atoms with E-state index in [1.54, 1.807) is 6.07 Å². The van der Waals surface area contributed by atoms with E-state index in [1.165, 1.54) is 19.4 Å². The maximum atomic E-state index is 13.0. The van der Waals surface area contributed by atoms with Gasteiger partial charge in [-0.3, -0.25) is 14.4 Å². The number of hydrogen-bond donors (Lipinski definition) is 1. The summed E-state index contributed by atoms with van der Waals surface area (Å²) in [7, 11) is 2.05. The first-order valence-corrected chi connectivity index (χ1v) is 14.2. The number of hydrogen-bond acceptors (Lipinski definition) is 6. The van der Waals surface area contributed by atoms with Crippen LogP contribution in [0.15, 0.2) is 54.6 Å². The van der Waals surface area contributed by atoms with Gasteiger partial charge in [0.1, 0.15) is 11.4 Å². The monoisotopic (exact) mass is 534 g/mol. The van der Waals surface area contributed by atoms with Gasteiger partial charge in [0.05, 0.1) is 0 Å². The zero-order chi connectivity index (χ0) is 27.9. The number of ether oxygens (including phenoxy) is 2. The van der Waals surface area contributed by atoms with Crippen LogP contribution in [0.25, 0.3) is 0 Å². The average Bonchev–Trinajstić information content (AvgIpc) is 2.89. The molecule has 7 nitrogen and oxygen atoms in total. The maximum Gasteiger partial charge on any atom is 0.308 e. The molecule has 1 saturated heterocycles. The number of likely N-dealkylation sites (N-methyl/N-ethyl adjacent to an activating group) is 1. The van der Waals surface area contributed by atoms with E-state index >= 15 is 0 Å². The number of rotatable bonds is 10. The molecule has 2 aromatic carbocycles. The number of nitrogens with one attached hydrogen (secondary N) is 1. The van der Waals surface area contributed by atoms with Crippen molar-refractivity contribution in [1.29, 1.82) is 0 Å². The number of likely N-dealkylation sites (tertiary alicyclic amines) is 1. The molecule has 0 spiro atoms. The molecule has 1 N–H and O–H groups in total. The first-order chi connectivity index (χ1) is 18.7. The van der Waals surface area contributed by atoms with Gasteiger partial charge in [-0.1, -0.05) is 48.9 Å². The summed E-state index contributed by atoms with van der Waals surface area (Å²) >= 11 is 0. The van der Waals surface area contributed by atoms with Crippen molar-refractivity contribution in [3.05, 3.63) is 65.7 Å². The fraction of sp³-hybridized carbons (Fsp3) is 0.531. The van der Waals surface area contributed by atoms with Crippen molar-refractivity contribution < 1.29 is 23.9 Å². The lowest BCUT2D eigenvalue weighted by Crippen LogP contribution is -2.68. The molecule has 0 bridgehead atoms. The van der Waals surface area contributed by atoms with Crippen molar-refractivity contribution in [2.75, 3.05) is 20.1 Å². The number of fused-ring (bicyclic) bond motifs is 1. The number of unbranched alkanes of at least 4 members (excludes halogenated alkanes) is 2. The summed E-state index contributed by atoms with van der Waals surface area (Å²) in [5.41, 5.74) is 1.09. The zero-order valence-electron chi connectivity index (χ0n) is 23.5. The lowest BCUT2D eigenvalue weighted by atomic mass is 9.55. The third-order valence-electron chi connectivity index (χ3n) is 8.37. The molecule has 2 aliphatic rings. The van der Waals surface area contributed by atoms with Gasteiger partial charge in [-0.05, 0) is 81.8 Å². The van der Waals surface area contributed by atoms with Crippen LogP contribution in [0.1, 0.15) is 76.3 Å². The van der Waals surface area contributed by atoms with E-state index in [9.17, 15) is 14.4 Å². The highest BCUT2D eigenvalue weighted by Gasteiger charge is 2.60. The van der Waals surface area contributed by atoms with Gasteiger partial charge in [0.15, 0.2) is 0 Å². The van der Waals surface area contributed by atoms with Crippen LogP contribution in [0.4, 0.5) is 0 Å². The summed E-state index contributed by atoms with van der Waals surface area (Å²) in [6.07, 6.45) is 7.32. The molecule has 0 radical (unpaired) electrons. The Labute approximate surface area is 232 Å². The standard InChI is InChI=1S/C32H42N2O5/c1-24(35)38-29-15-10-14-27(21-29)31-19-20-34(3)23-32(31,39-25(2)36)18-17-28(22-31)33-30(37)16-9-5-8-13-26-11-6-4-7-12-26/h4,6-7,10-12,14-15,21,28H,5,8-9,13,16-20,22-23H2,1-3H3,(H,33,37)/t28-,31+,32+/m1/s1. The van der Waals surface area contributed by atoms with Gasteiger partial charge in [0.2, 0.25) is 5.91 Å². The van der Waals surface area contributed by atoms with Crippen LogP contribution in [0.5, 0.6) is 5.75 Å². The van der Waals surface area contributed by atoms with Crippen molar-refractivity contribution in [2.24, 2.45) is 0 Å². The summed E-state index contributed by atoms with van der Waals surface area (Å²) in [4.78, 5) is 39.2. The molecule has 2 fully saturated rings. The molecule has 3 atom stereocenters. The van der Waals surface area contributed by atoms with Crippen LogP contribution in [-0.4, -0.2) is 54.5 Å². The lowest BCUT2D eigenvalue weighted by molar-refractivity contribution is -0.185. The third-order valence-corrected chi connectivity index (χ3v) is 8.37. The van der Waals surface area contributed by atoms with Crippen molar-refractivity contribution in [3.8, 4) is 5.75 Å². The van der Waals surface area contributed by atoms with E-state index in [0.29, 0.717) is 31.6 Å². The molecule has 1 heterocycles.